The second-order valence-electron chi connectivity index (χ2n) is 10.5. The molecule has 2 unspecified atom stereocenters. The number of ether oxygens (including phenoxy) is 1. The summed E-state index contributed by atoms with van der Waals surface area (Å²) in [7, 11) is 0. The van der Waals surface area contributed by atoms with Crippen molar-refractivity contribution in [2.24, 2.45) is 11.8 Å². The molecule has 0 amide bonds. The SMILES string of the molecule is Cc1c(Cc2c(CN3CC(C)CC(C)C3)nc3cnc(N4CCOCC4)cn23)cccc1C(F)(F)F. The average molecular weight is 502 g/mol. The smallest absolute Gasteiger partial charge is 0.378 e. The van der Waals surface area contributed by atoms with Crippen LogP contribution in [0.25, 0.3) is 5.65 Å². The van der Waals surface area contributed by atoms with E-state index in [4.69, 9.17) is 9.72 Å². The largest absolute Gasteiger partial charge is 0.416 e. The van der Waals surface area contributed by atoms with Crippen molar-refractivity contribution in [2.45, 2.75) is 46.3 Å². The quantitative estimate of drug-likeness (QED) is 0.495. The van der Waals surface area contributed by atoms with Gasteiger partial charge >= 0.3 is 6.18 Å². The van der Waals surface area contributed by atoms with Crippen molar-refractivity contribution in [3.63, 3.8) is 0 Å². The summed E-state index contributed by atoms with van der Waals surface area (Å²) in [6.07, 6.45) is 0.966. The molecule has 3 aromatic rings. The first-order valence-electron chi connectivity index (χ1n) is 12.8. The summed E-state index contributed by atoms with van der Waals surface area (Å²) in [5, 5.41) is 0. The Morgan fingerprint density at radius 3 is 2.50 bits per heavy atom. The minimum absolute atomic E-state index is 0.272. The summed E-state index contributed by atoms with van der Waals surface area (Å²) >= 11 is 0. The van der Waals surface area contributed by atoms with Gasteiger partial charge in [0.2, 0.25) is 0 Å². The third-order valence-electron chi connectivity index (χ3n) is 7.44. The van der Waals surface area contributed by atoms with Crippen molar-refractivity contribution in [1.82, 2.24) is 19.3 Å². The van der Waals surface area contributed by atoms with Crippen LogP contribution >= 0.6 is 0 Å². The van der Waals surface area contributed by atoms with Gasteiger partial charge in [-0.05, 0) is 42.4 Å². The molecule has 1 aromatic carbocycles. The summed E-state index contributed by atoms with van der Waals surface area (Å²) in [4.78, 5) is 14.2. The summed E-state index contributed by atoms with van der Waals surface area (Å²) in [6.45, 7) is 11.6. The monoisotopic (exact) mass is 501 g/mol. The summed E-state index contributed by atoms with van der Waals surface area (Å²) in [5.74, 6) is 2.04. The normalized spacial score (nSPS) is 21.9. The number of hydrogen-bond acceptors (Lipinski definition) is 5. The number of morpholine rings is 1. The molecule has 0 bridgehead atoms. The Morgan fingerprint density at radius 2 is 1.81 bits per heavy atom. The molecule has 2 atom stereocenters. The van der Waals surface area contributed by atoms with Gasteiger partial charge < -0.3 is 9.64 Å². The van der Waals surface area contributed by atoms with Gasteiger partial charge in [-0.2, -0.15) is 13.2 Å². The van der Waals surface area contributed by atoms with E-state index in [0.717, 1.165) is 55.1 Å². The molecule has 0 spiro atoms. The predicted molar refractivity (Wildman–Crippen MR) is 133 cm³/mol. The highest BCUT2D eigenvalue weighted by Gasteiger charge is 2.33. The van der Waals surface area contributed by atoms with E-state index < -0.39 is 11.7 Å². The number of imidazole rings is 1. The molecule has 6 nitrogen and oxygen atoms in total. The van der Waals surface area contributed by atoms with Crippen LogP contribution in [0.5, 0.6) is 0 Å². The number of anilines is 1. The number of alkyl halides is 3. The maximum Gasteiger partial charge on any atom is 0.416 e. The Morgan fingerprint density at radius 1 is 1.08 bits per heavy atom. The molecule has 2 fully saturated rings. The molecule has 2 aliphatic heterocycles. The summed E-state index contributed by atoms with van der Waals surface area (Å²) in [5.41, 5.74) is 2.92. The number of aromatic nitrogens is 3. The minimum atomic E-state index is -4.38. The molecule has 0 saturated carbocycles. The standard InChI is InChI=1S/C27H34F3N5O/c1-18-11-19(2)15-33(14-18)16-23-24(12-21-5-4-6-22(20(21)3)27(28,29)30)35-17-26(31-13-25(35)32-23)34-7-9-36-10-8-34/h4-6,13,17-19H,7-12,14-16H2,1-3H3. The van der Waals surface area contributed by atoms with Crippen LogP contribution in [-0.4, -0.2) is 58.7 Å². The number of piperidine rings is 1. The summed E-state index contributed by atoms with van der Waals surface area (Å²) in [6, 6.07) is 4.46. The Bertz CT molecular complexity index is 1210. The zero-order valence-corrected chi connectivity index (χ0v) is 21.2. The Kier molecular flexibility index (Phi) is 6.96. The number of halogens is 3. The first-order chi connectivity index (χ1) is 17.2. The van der Waals surface area contributed by atoms with Gasteiger partial charge in [0.15, 0.2) is 5.65 Å². The van der Waals surface area contributed by atoms with E-state index in [9.17, 15) is 13.2 Å². The zero-order chi connectivity index (χ0) is 25.4. The number of rotatable bonds is 5. The highest BCUT2D eigenvalue weighted by atomic mass is 19.4. The summed E-state index contributed by atoms with van der Waals surface area (Å²) < 4.78 is 48.4. The van der Waals surface area contributed by atoms with Crippen molar-refractivity contribution in [2.75, 3.05) is 44.3 Å². The van der Waals surface area contributed by atoms with Crippen LogP contribution in [0.4, 0.5) is 19.0 Å². The zero-order valence-electron chi connectivity index (χ0n) is 21.2. The second kappa shape index (κ2) is 10.0. The minimum Gasteiger partial charge on any atom is -0.378 e. The van der Waals surface area contributed by atoms with Crippen LogP contribution < -0.4 is 4.90 Å². The fourth-order valence-corrected chi connectivity index (χ4v) is 5.81. The fraction of sp³-hybridized carbons (Fsp3) is 0.556. The molecule has 194 valence electrons. The van der Waals surface area contributed by atoms with Gasteiger partial charge in [-0.3, -0.25) is 9.30 Å². The van der Waals surface area contributed by atoms with Crippen LogP contribution in [0.3, 0.4) is 0 Å². The lowest BCUT2D eigenvalue weighted by atomic mass is 9.91. The Labute approximate surface area is 210 Å². The van der Waals surface area contributed by atoms with Gasteiger partial charge in [-0.15, -0.1) is 0 Å². The number of likely N-dealkylation sites (tertiary alicyclic amines) is 1. The maximum absolute atomic E-state index is 13.6. The first-order valence-corrected chi connectivity index (χ1v) is 12.8. The van der Waals surface area contributed by atoms with E-state index in [0.29, 0.717) is 43.6 Å². The third-order valence-corrected chi connectivity index (χ3v) is 7.44. The van der Waals surface area contributed by atoms with Crippen molar-refractivity contribution in [1.29, 1.82) is 0 Å². The second-order valence-corrected chi connectivity index (χ2v) is 10.5. The van der Waals surface area contributed by atoms with Gasteiger partial charge in [0.25, 0.3) is 0 Å². The maximum atomic E-state index is 13.6. The molecule has 4 heterocycles. The van der Waals surface area contributed by atoms with E-state index in [2.05, 4.69) is 28.6 Å². The van der Waals surface area contributed by atoms with Crippen molar-refractivity contribution in [3.8, 4) is 0 Å². The molecule has 2 aromatic heterocycles. The molecule has 2 aliphatic rings. The number of nitrogens with zero attached hydrogens (tertiary/aromatic N) is 5. The van der Waals surface area contributed by atoms with Crippen LogP contribution in [0.2, 0.25) is 0 Å². The molecule has 5 rings (SSSR count). The van der Waals surface area contributed by atoms with Gasteiger partial charge in [0.1, 0.15) is 5.82 Å². The van der Waals surface area contributed by atoms with Crippen molar-refractivity contribution in [3.05, 3.63) is 58.7 Å². The van der Waals surface area contributed by atoms with E-state index in [1.165, 1.54) is 12.5 Å². The van der Waals surface area contributed by atoms with Crippen LogP contribution in [0, 0.1) is 18.8 Å². The number of benzene rings is 1. The van der Waals surface area contributed by atoms with Gasteiger partial charge in [-0.25, -0.2) is 9.97 Å². The van der Waals surface area contributed by atoms with Gasteiger partial charge in [0, 0.05) is 39.1 Å². The lowest BCUT2D eigenvalue weighted by molar-refractivity contribution is -0.138. The molecule has 9 heteroatoms. The highest BCUT2D eigenvalue weighted by molar-refractivity contribution is 5.49. The molecule has 0 radical (unpaired) electrons. The number of hydrogen-bond donors (Lipinski definition) is 0. The van der Waals surface area contributed by atoms with Crippen molar-refractivity contribution < 1.29 is 17.9 Å². The molecular weight excluding hydrogens is 467 g/mol. The molecule has 0 aliphatic carbocycles. The van der Waals surface area contributed by atoms with Crippen LogP contribution in [0.1, 0.15) is 48.3 Å². The van der Waals surface area contributed by atoms with E-state index in [1.54, 1.807) is 19.2 Å². The predicted octanol–water partition coefficient (Wildman–Crippen LogP) is 4.96. The average Bonchev–Trinajstić information content (AvgIpc) is 3.15. The topological polar surface area (TPSA) is 45.9 Å². The van der Waals surface area contributed by atoms with Crippen molar-refractivity contribution >= 4 is 11.5 Å². The molecule has 36 heavy (non-hydrogen) atoms. The van der Waals surface area contributed by atoms with Crippen LogP contribution in [0.15, 0.2) is 30.6 Å². The Hall–Kier alpha value is -2.65. The number of fused-ring (bicyclic) bond motifs is 1. The lowest BCUT2D eigenvalue weighted by Gasteiger charge is -2.34. The van der Waals surface area contributed by atoms with Gasteiger partial charge in [0.05, 0.1) is 42.6 Å². The molecule has 2 saturated heterocycles. The molecule has 0 N–H and O–H groups in total. The van der Waals surface area contributed by atoms with E-state index in [1.807, 2.05) is 10.6 Å². The Balaban J connectivity index is 1.56. The molecular formula is C27H34F3N5O. The third kappa shape index (κ3) is 5.22. The highest BCUT2D eigenvalue weighted by Crippen LogP contribution is 2.34. The van der Waals surface area contributed by atoms with E-state index >= 15 is 0 Å². The lowest BCUT2D eigenvalue weighted by Crippen LogP contribution is -2.38. The van der Waals surface area contributed by atoms with Crippen LogP contribution in [-0.2, 0) is 23.9 Å². The van der Waals surface area contributed by atoms with Gasteiger partial charge in [-0.1, -0.05) is 26.0 Å². The fourth-order valence-electron chi connectivity index (χ4n) is 5.81. The first kappa shape index (κ1) is 25.0. The van der Waals surface area contributed by atoms with E-state index in [-0.39, 0.29) is 5.56 Å².